The second-order valence-electron chi connectivity index (χ2n) is 6.38. The third kappa shape index (κ3) is 4.91. The van der Waals surface area contributed by atoms with Crippen molar-refractivity contribution < 1.29 is 9.53 Å². The lowest BCUT2D eigenvalue weighted by Crippen LogP contribution is -2.35. The van der Waals surface area contributed by atoms with Gasteiger partial charge in [0.05, 0.1) is 12.7 Å². The molecule has 1 saturated heterocycles. The predicted octanol–water partition coefficient (Wildman–Crippen LogP) is 4.13. The molecule has 0 bridgehead atoms. The molecule has 1 aliphatic heterocycles. The standard InChI is InChI=1S/C20H26N2O2S/c1-21-11-10-18(19-8-5-13-25-19)24-15-16-6-4-7-17(14-16)22-12-3-2-9-20(22)23/h4-8,13-14,18,21H,2-3,9-12,15H2,1H3. The van der Waals surface area contributed by atoms with Crippen LogP contribution in [0.15, 0.2) is 41.8 Å². The third-order valence-corrected chi connectivity index (χ3v) is 5.48. The van der Waals surface area contributed by atoms with E-state index in [2.05, 4.69) is 35.0 Å². The van der Waals surface area contributed by atoms with Gasteiger partial charge in [0.2, 0.25) is 5.91 Å². The van der Waals surface area contributed by atoms with Crippen LogP contribution >= 0.6 is 11.3 Å². The average Bonchev–Trinajstić information content (AvgIpc) is 3.17. The summed E-state index contributed by atoms with van der Waals surface area (Å²) in [6.45, 7) is 2.30. The summed E-state index contributed by atoms with van der Waals surface area (Å²) in [5, 5.41) is 5.29. The molecule has 1 amide bonds. The Balaban J connectivity index is 1.65. The number of anilines is 1. The maximum absolute atomic E-state index is 12.1. The number of amides is 1. The van der Waals surface area contributed by atoms with Crippen molar-refractivity contribution in [2.24, 2.45) is 0 Å². The van der Waals surface area contributed by atoms with Gasteiger partial charge in [0.15, 0.2) is 0 Å². The molecule has 1 aromatic heterocycles. The molecule has 1 aliphatic rings. The van der Waals surface area contributed by atoms with Crippen LogP contribution in [0.5, 0.6) is 0 Å². The van der Waals surface area contributed by atoms with E-state index < -0.39 is 0 Å². The highest BCUT2D eigenvalue weighted by molar-refractivity contribution is 7.10. The summed E-state index contributed by atoms with van der Waals surface area (Å²) in [4.78, 5) is 15.3. The maximum Gasteiger partial charge on any atom is 0.226 e. The van der Waals surface area contributed by atoms with E-state index in [1.165, 1.54) is 4.88 Å². The fraction of sp³-hybridized carbons (Fsp3) is 0.450. The third-order valence-electron chi connectivity index (χ3n) is 4.51. The first-order valence-electron chi connectivity index (χ1n) is 8.97. The number of carbonyl (C=O) groups excluding carboxylic acids is 1. The molecule has 1 aromatic carbocycles. The number of hydrogen-bond acceptors (Lipinski definition) is 4. The topological polar surface area (TPSA) is 41.6 Å². The molecule has 3 rings (SSSR count). The first-order valence-corrected chi connectivity index (χ1v) is 9.85. The van der Waals surface area contributed by atoms with E-state index in [1.54, 1.807) is 11.3 Å². The summed E-state index contributed by atoms with van der Waals surface area (Å²) >= 11 is 1.74. The van der Waals surface area contributed by atoms with E-state index in [-0.39, 0.29) is 12.0 Å². The number of nitrogens with one attached hydrogen (secondary N) is 1. The Morgan fingerprint density at radius 1 is 1.28 bits per heavy atom. The Hall–Kier alpha value is -1.69. The molecule has 0 saturated carbocycles. The minimum atomic E-state index is 0.104. The van der Waals surface area contributed by atoms with E-state index in [0.717, 1.165) is 43.6 Å². The van der Waals surface area contributed by atoms with Crippen molar-refractivity contribution in [1.29, 1.82) is 0 Å². The molecule has 2 heterocycles. The second kappa shape index (κ2) is 9.13. The van der Waals surface area contributed by atoms with Crippen LogP contribution < -0.4 is 10.2 Å². The van der Waals surface area contributed by atoms with Gasteiger partial charge in [-0.3, -0.25) is 4.79 Å². The lowest BCUT2D eigenvalue weighted by Gasteiger charge is -2.27. The molecule has 0 spiro atoms. The Labute approximate surface area is 153 Å². The summed E-state index contributed by atoms with van der Waals surface area (Å²) in [6.07, 6.45) is 3.79. The van der Waals surface area contributed by atoms with Gasteiger partial charge in [-0.05, 0) is 62.0 Å². The lowest BCUT2D eigenvalue weighted by molar-refractivity contribution is -0.119. The van der Waals surface area contributed by atoms with Gasteiger partial charge in [-0.25, -0.2) is 0 Å². The monoisotopic (exact) mass is 358 g/mol. The molecule has 4 nitrogen and oxygen atoms in total. The van der Waals surface area contributed by atoms with E-state index >= 15 is 0 Å². The summed E-state index contributed by atoms with van der Waals surface area (Å²) in [5.41, 5.74) is 2.11. The molecule has 1 fully saturated rings. The van der Waals surface area contributed by atoms with Crippen LogP contribution in [0.25, 0.3) is 0 Å². The van der Waals surface area contributed by atoms with Crippen LogP contribution in [0.2, 0.25) is 0 Å². The Morgan fingerprint density at radius 3 is 2.96 bits per heavy atom. The highest BCUT2D eigenvalue weighted by atomic mass is 32.1. The number of nitrogens with zero attached hydrogens (tertiary/aromatic N) is 1. The molecule has 5 heteroatoms. The SMILES string of the molecule is CNCCC(OCc1cccc(N2CCCCC2=O)c1)c1cccs1. The van der Waals surface area contributed by atoms with Gasteiger partial charge in [-0.15, -0.1) is 11.3 Å². The van der Waals surface area contributed by atoms with Gasteiger partial charge in [0.25, 0.3) is 0 Å². The number of ether oxygens (including phenoxy) is 1. The molecule has 134 valence electrons. The first-order chi connectivity index (χ1) is 12.3. The van der Waals surface area contributed by atoms with Crippen molar-refractivity contribution >= 4 is 22.9 Å². The van der Waals surface area contributed by atoms with Gasteiger partial charge >= 0.3 is 0 Å². The molecular weight excluding hydrogens is 332 g/mol. The van der Waals surface area contributed by atoms with E-state index in [1.807, 2.05) is 24.1 Å². The first kappa shape index (κ1) is 18.1. The largest absolute Gasteiger partial charge is 0.368 e. The van der Waals surface area contributed by atoms with Crippen molar-refractivity contribution in [1.82, 2.24) is 5.32 Å². The Bertz CT molecular complexity index is 672. The zero-order valence-corrected chi connectivity index (χ0v) is 15.6. The fourth-order valence-corrected chi connectivity index (χ4v) is 3.96. The number of piperidine rings is 1. The predicted molar refractivity (Wildman–Crippen MR) is 103 cm³/mol. The van der Waals surface area contributed by atoms with Gasteiger partial charge < -0.3 is 15.0 Å². The molecule has 0 aliphatic carbocycles. The maximum atomic E-state index is 12.1. The Morgan fingerprint density at radius 2 is 2.20 bits per heavy atom. The minimum absolute atomic E-state index is 0.104. The molecule has 1 atom stereocenters. The summed E-state index contributed by atoms with van der Waals surface area (Å²) in [5.74, 6) is 0.231. The van der Waals surface area contributed by atoms with Crippen molar-refractivity contribution in [2.75, 3.05) is 25.0 Å². The van der Waals surface area contributed by atoms with Crippen LogP contribution in [-0.2, 0) is 16.1 Å². The van der Waals surface area contributed by atoms with Crippen LogP contribution in [-0.4, -0.2) is 26.0 Å². The molecular formula is C20H26N2O2S. The van der Waals surface area contributed by atoms with Gasteiger partial charge in [0.1, 0.15) is 0 Å². The van der Waals surface area contributed by atoms with Crippen LogP contribution in [0.1, 0.15) is 42.2 Å². The van der Waals surface area contributed by atoms with Crippen LogP contribution in [0.3, 0.4) is 0 Å². The smallest absolute Gasteiger partial charge is 0.226 e. The number of hydrogen-bond donors (Lipinski definition) is 1. The molecule has 1 unspecified atom stereocenters. The van der Waals surface area contributed by atoms with E-state index in [9.17, 15) is 4.79 Å². The lowest BCUT2D eigenvalue weighted by atomic mass is 10.1. The van der Waals surface area contributed by atoms with Crippen molar-refractivity contribution in [3.63, 3.8) is 0 Å². The van der Waals surface area contributed by atoms with Crippen LogP contribution in [0, 0.1) is 0 Å². The molecule has 2 aromatic rings. The van der Waals surface area contributed by atoms with Gasteiger partial charge in [0, 0.05) is 23.5 Å². The highest BCUT2D eigenvalue weighted by Crippen LogP contribution is 2.28. The Kier molecular flexibility index (Phi) is 6.62. The molecule has 0 radical (unpaired) electrons. The van der Waals surface area contributed by atoms with E-state index in [4.69, 9.17) is 4.74 Å². The minimum Gasteiger partial charge on any atom is -0.368 e. The van der Waals surface area contributed by atoms with Gasteiger partial charge in [-0.2, -0.15) is 0 Å². The summed E-state index contributed by atoms with van der Waals surface area (Å²) < 4.78 is 6.21. The normalized spacial score (nSPS) is 16.2. The number of thiophene rings is 1. The number of rotatable bonds is 8. The van der Waals surface area contributed by atoms with Crippen molar-refractivity contribution in [2.45, 2.75) is 38.4 Å². The number of carbonyl (C=O) groups is 1. The average molecular weight is 359 g/mol. The molecule has 25 heavy (non-hydrogen) atoms. The van der Waals surface area contributed by atoms with Crippen molar-refractivity contribution in [3.8, 4) is 0 Å². The zero-order chi connectivity index (χ0) is 17.5. The summed E-state index contributed by atoms with van der Waals surface area (Å²) in [7, 11) is 1.96. The number of benzene rings is 1. The second-order valence-corrected chi connectivity index (χ2v) is 7.36. The van der Waals surface area contributed by atoms with Gasteiger partial charge in [-0.1, -0.05) is 18.2 Å². The highest BCUT2D eigenvalue weighted by Gasteiger charge is 2.20. The van der Waals surface area contributed by atoms with E-state index in [0.29, 0.717) is 13.0 Å². The fourth-order valence-electron chi connectivity index (χ4n) is 3.15. The summed E-state index contributed by atoms with van der Waals surface area (Å²) in [6, 6.07) is 12.4. The quantitative estimate of drug-likeness (QED) is 0.771. The van der Waals surface area contributed by atoms with Crippen LogP contribution in [0.4, 0.5) is 5.69 Å². The molecule has 1 N–H and O–H groups in total. The van der Waals surface area contributed by atoms with Crippen molar-refractivity contribution in [3.05, 3.63) is 52.2 Å². The zero-order valence-electron chi connectivity index (χ0n) is 14.7.